The number of aromatic amines is 1. The van der Waals surface area contributed by atoms with Gasteiger partial charge in [0.05, 0.1) is 18.0 Å². The monoisotopic (exact) mass is 312 g/mol. The zero-order valence-corrected chi connectivity index (χ0v) is 13.6. The van der Waals surface area contributed by atoms with E-state index < -0.39 is 16.1 Å². The van der Waals surface area contributed by atoms with Gasteiger partial charge in [0.1, 0.15) is 0 Å². The topological polar surface area (TPSA) is 96.3 Å². The van der Waals surface area contributed by atoms with Crippen molar-refractivity contribution in [3.05, 3.63) is 33.9 Å². The molecule has 0 saturated carbocycles. The standard InChI is InChI=1S/C13H20N4O3S/c1-8(16-21(5,19)20)9-6-12(18)17-11(14-9)7-10(15-17)13(2,3)4/h6-8,15-16H,1-5H3/t8-/m1/s1. The number of hydrogen-bond acceptors (Lipinski definition) is 4. The van der Waals surface area contributed by atoms with Crippen molar-refractivity contribution in [1.29, 1.82) is 0 Å². The average Bonchev–Trinajstić information content (AvgIpc) is 2.70. The molecule has 0 saturated heterocycles. The van der Waals surface area contributed by atoms with Crippen LogP contribution < -0.4 is 10.3 Å². The number of H-pyrrole nitrogens is 1. The number of aromatic nitrogens is 3. The summed E-state index contributed by atoms with van der Waals surface area (Å²) < 4.78 is 26.3. The maximum absolute atomic E-state index is 12.1. The van der Waals surface area contributed by atoms with Crippen LogP contribution in [-0.2, 0) is 15.4 Å². The fraction of sp³-hybridized carbons (Fsp3) is 0.538. The third kappa shape index (κ3) is 3.51. The highest BCUT2D eigenvalue weighted by Crippen LogP contribution is 2.21. The molecule has 8 heteroatoms. The van der Waals surface area contributed by atoms with Crippen molar-refractivity contribution in [3.8, 4) is 0 Å². The SMILES string of the molecule is C[C@@H](NS(C)(=O)=O)c1cc(=O)n2[nH]c(C(C)(C)C)cc2n1. The van der Waals surface area contributed by atoms with Crippen LogP contribution in [0.15, 0.2) is 16.9 Å². The summed E-state index contributed by atoms with van der Waals surface area (Å²) in [5, 5.41) is 3.02. The maximum Gasteiger partial charge on any atom is 0.272 e. The van der Waals surface area contributed by atoms with Crippen LogP contribution in [0, 0.1) is 0 Å². The van der Waals surface area contributed by atoms with Crippen LogP contribution in [0.5, 0.6) is 0 Å². The van der Waals surface area contributed by atoms with Crippen molar-refractivity contribution in [1.82, 2.24) is 19.3 Å². The van der Waals surface area contributed by atoms with E-state index in [1.54, 1.807) is 13.0 Å². The van der Waals surface area contributed by atoms with Gasteiger partial charge in [-0.2, -0.15) is 0 Å². The molecule has 0 aromatic carbocycles. The van der Waals surface area contributed by atoms with Crippen molar-refractivity contribution >= 4 is 15.7 Å². The summed E-state index contributed by atoms with van der Waals surface area (Å²) >= 11 is 0. The van der Waals surface area contributed by atoms with E-state index in [1.807, 2.05) is 20.8 Å². The van der Waals surface area contributed by atoms with Crippen LogP contribution in [0.2, 0.25) is 0 Å². The number of fused-ring (bicyclic) bond motifs is 1. The Kier molecular flexibility index (Phi) is 3.71. The van der Waals surface area contributed by atoms with Gasteiger partial charge in [-0.15, -0.1) is 0 Å². The van der Waals surface area contributed by atoms with E-state index in [-0.39, 0.29) is 11.0 Å². The molecule has 1 atom stereocenters. The van der Waals surface area contributed by atoms with E-state index in [9.17, 15) is 13.2 Å². The highest BCUT2D eigenvalue weighted by molar-refractivity contribution is 7.88. The number of rotatable bonds is 3. The van der Waals surface area contributed by atoms with Gasteiger partial charge in [-0.05, 0) is 6.92 Å². The van der Waals surface area contributed by atoms with E-state index in [1.165, 1.54) is 10.6 Å². The van der Waals surface area contributed by atoms with E-state index in [4.69, 9.17) is 0 Å². The molecule has 21 heavy (non-hydrogen) atoms. The molecule has 0 aliphatic heterocycles. The summed E-state index contributed by atoms with van der Waals surface area (Å²) in [4.78, 5) is 16.5. The van der Waals surface area contributed by atoms with Gasteiger partial charge in [0.2, 0.25) is 10.0 Å². The Bertz CT molecular complexity index is 827. The first-order valence-corrected chi connectivity index (χ1v) is 8.47. The Morgan fingerprint density at radius 1 is 1.33 bits per heavy atom. The summed E-state index contributed by atoms with van der Waals surface area (Å²) in [5.41, 5.74) is 1.34. The Labute approximate surface area is 123 Å². The molecule has 2 N–H and O–H groups in total. The smallest absolute Gasteiger partial charge is 0.272 e. The minimum atomic E-state index is -3.36. The van der Waals surface area contributed by atoms with Gasteiger partial charge in [0, 0.05) is 23.2 Å². The third-order valence-corrected chi connectivity index (χ3v) is 3.89. The zero-order chi connectivity index (χ0) is 16.0. The molecule has 0 fully saturated rings. The number of sulfonamides is 1. The molecule has 2 aromatic rings. The van der Waals surface area contributed by atoms with Crippen molar-refractivity contribution in [3.63, 3.8) is 0 Å². The van der Waals surface area contributed by atoms with Gasteiger partial charge in [-0.3, -0.25) is 9.89 Å². The molecule has 116 valence electrons. The lowest BCUT2D eigenvalue weighted by atomic mass is 9.93. The fourth-order valence-electron chi connectivity index (χ4n) is 2.00. The van der Waals surface area contributed by atoms with Gasteiger partial charge in [0.15, 0.2) is 5.65 Å². The predicted molar refractivity (Wildman–Crippen MR) is 80.9 cm³/mol. The summed E-state index contributed by atoms with van der Waals surface area (Å²) in [6, 6.07) is 2.57. The third-order valence-electron chi connectivity index (χ3n) is 3.11. The normalized spacial score (nSPS) is 14.5. The second-order valence-electron chi connectivity index (χ2n) is 6.24. The summed E-state index contributed by atoms with van der Waals surface area (Å²) in [5.74, 6) is 0. The van der Waals surface area contributed by atoms with Crippen LogP contribution in [0.4, 0.5) is 0 Å². The quantitative estimate of drug-likeness (QED) is 0.881. The van der Waals surface area contributed by atoms with E-state index >= 15 is 0 Å². The van der Waals surface area contributed by atoms with E-state index in [2.05, 4.69) is 14.8 Å². The molecule has 0 aliphatic carbocycles. The van der Waals surface area contributed by atoms with Gasteiger partial charge in [-0.25, -0.2) is 22.6 Å². The minimum absolute atomic E-state index is 0.142. The molecule has 7 nitrogen and oxygen atoms in total. The van der Waals surface area contributed by atoms with Gasteiger partial charge in [0.25, 0.3) is 5.56 Å². The van der Waals surface area contributed by atoms with E-state index in [0.717, 1.165) is 11.9 Å². The van der Waals surface area contributed by atoms with Gasteiger partial charge < -0.3 is 0 Å². The van der Waals surface area contributed by atoms with Crippen molar-refractivity contribution < 1.29 is 8.42 Å². The highest BCUT2D eigenvalue weighted by atomic mass is 32.2. The molecular formula is C13H20N4O3S. The lowest BCUT2D eigenvalue weighted by Gasteiger charge is -2.14. The largest absolute Gasteiger partial charge is 0.293 e. The summed E-state index contributed by atoms with van der Waals surface area (Å²) in [6.45, 7) is 7.73. The Hall–Kier alpha value is -1.67. The molecule has 0 amide bonds. The predicted octanol–water partition coefficient (Wildman–Crippen LogP) is 0.930. The first-order valence-electron chi connectivity index (χ1n) is 6.58. The summed E-state index contributed by atoms with van der Waals surface area (Å²) in [6.07, 6.45) is 1.07. The Balaban J connectivity index is 2.52. The second kappa shape index (κ2) is 4.96. The first kappa shape index (κ1) is 15.7. The molecule has 2 heterocycles. The lowest BCUT2D eigenvalue weighted by Crippen LogP contribution is -2.28. The molecule has 2 aromatic heterocycles. The number of nitrogens with zero attached hydrogens (tertiary/aromatic N) is 2. The number of nitrogens with one attached hydrogen (secondary N) is 2. The number of hydrogen-bond donors (Lipinski definition) is 2. The van der Waals surface area contributed by atoms with E-state index in [0.29, 0.717) is 11.3 Å². The molecule has 0 aliphatic rings. The molecule has 2 rings (SSSR count). The average molecular weight is 312 g/mol. The van der Waals surface area contributed by atoms with Crippen LogP contribution in [0.3, 0.4) is 0 Å². The van der Waals surface area contributed by atoms with Crippen molar-refractivity contribution in [2.75, 3.05) is 6.26 Å². The Morgan fingerprint density at radius 3 is 2.48 bits per heavy atom. The molecule has 0 spiro atoms. The van der Waals surface area contributed by atoms with Crippen molar-refractivity contribution in [2.45, 2.75) is 39.2 Å². The zero-order valence-electron chi connectivity index (χ0n) is 12.8. The van der Waals surface area contributed by atoms with Gasteiger partial charge in [-0.1, -0.05) is 20.8 Å². The summed E-state index contributed by atoms with van der Waals surface area (Å²) in [7, 11) is -3.36. The highest BCUT2D eigenvalue weighted by Gasteiger charge is 2.19. The molecular weight excluding hydrogens is 292 g/mol. The molecule has 0 radical (unpaired) electrons. The van der Waals surface area contributed by atoms with Crippen LogP contribution in [-0.4, -0.2) is 29.3 Å². The van der Waals surface area contributed by atoms with Crippen LogP contribution >= 0.6 is 0 Å². The second-order valence-corrected chi connectivity index (χ2v) is 8.02. The van der Waals surface area contributed by atoms with Crippen LogP contribution in [0.1, 0.15) is 45.1 Å². The minimum Gasteiger partial charge on any atom is -0.293 e. The fourth-order valence-corrected chi connectivity index (χ4v) is 2.76. The molecule has 0 unspecified atom stereocenters. The molecule has 0 bridgehead atoms. The van der Waals surface area contributed by atoms with Gasteiger partial charge >= 0.3 is 0 Å². The lowest BCUT2D eigenvalue weighted by molar-refractivity contribution is 0.560. The Morgan fingerprint density at radius 2 is 1.95 bits per heavy atom. The van der Waals surface area contributed by atoms with Crippen molar-refractivity contribution in [2.24, 2.45) is 0 Å². The maximum atomic E-state index is 12.1. The first-order chi connectivity index (χ1) is 9.47. The van der Waals surface area contributed by atoms with Crippen LogP contribution in [0.25, 0.3) is 5.65 Å².